The highest BCUT2D eigenvalue weighted by molar-refractivity contribution is 5.01. The quantitative estimate of drug-likeness (QED) is 0.487. The first-order valence-corrected chi connectivity index (χ1v) is 2.89. The van der Waals surface area contributed by atoms with E-state index in [-0.39, 0.29) is 6.04 Å². The number of nitriles is 2. The fraction of sp³-hybridized carbons (Fsp3) is 0.667. The highest BCUT2D eigenvalue weighted by atomic mass is 15.3. The van der Waals surface area contributed by atoms with Gasteiger partial charge in [0.25, 0.3) is 0 Å². The van der Waals surface area contributed by atoms with E-state index in [1.807, 2.05) is 11.0 Å². The first-order valence-electron chi connectivity index (χ1n) is 2.89. The Morgan fingerprint density at radius 1 is 1.44 bits per heavy atom. The van der Waals surface area contributed by atoms with Gasteiger partial charge in [-0.2, -0.15) is 10.5 Å². The van der Waals surface area contributed by atoms with Crippen LogP contribution in [0.25, 0.3) is 0 Å². The van der Waals surface area contributed by atoms with E-state index in [4.69, 9.17) is 10.5 Å². The van der Waals surface area contributed by atoms with Crippen LogP contribution in [0.3, 0.4) is 0 Å². The maximum Gasteiger partial charge on any atom is 0.111 e. The Morgan fingerprint density at radius 3 is 2.44 bits per heavy atom. The minimum atomic E-state index is -0.144. The van der Waals surface area contributed by atoms with Gasteiger partial charge in [-0.25, -0.2) is 0 Å². The second-order valence-electron chi connectivity index (χ2n) is 2.04. The summed E-state index contributed by atoms with van der Waals surface area (Å²) in [6.07, 6.45) is 0.344. The molecule has 0 amide bonds. The van der Waals surface area contributed by atoms with Gasteiger partial charge in [0.1, 0.15) is 6.04 Å². The van der Waals surface area contributed by atoms with Crippen LogP contribution < -0.4 is 0 Å². The molecule has 1 unspecified atom stereocenters. The van der Waals surface area contributed by atoms with E-state index in [9.17, 15) is 0 Å². The SMILES string of the molecule is N#CCC(C#N)N1CC1. The van der Waals surface area contributed by atoms with Crippen LogP contribution in [0, 0.1) is 22.7 Å². The first-order chi connectivity index (χ1) is 4.38. The molecule has 0 N–H and O–H groups in total. The third kappa shape index (κ3) is 1.42. The minimum absolute atomic E-state index is 0.144. The van der Waals surface area contributed by atoms with Crippen molar-refractivity contribution < 1.29 is 0 Å². The molecule has 1 aliphatic rings. The summed E-state index contributed by atoms with van der Waals surface area (Å²) in [5.41, 5.74) is 0. The van der Waals surface area contributed by atoms with Gasteiger partial charge >= 0.3 is 0 Å². The summed E-state index contributed by atoms with van der Waals surface area (Å²) >= 11 is 0. The molecule has 0 aromatic carbocycles. The van der Waals surface area contributed by atoms with E-state index in [1.54, 1.807) is 0 Å². The molecule has 0 spiro atoms. The average molecular weight is 121 g/mol. The Morgan fingerprint density at radius 2 is 2.11 bits per heavy atom. The molecule has 0 saturated carbocycles. The largest absolute Gasteiger partial charge is 0.285 e. The Bertz CT molecular complexity index is 170. The van der Waals surface area contributed by atoms with Gasteiger partial charge in [0.15, 0.2) is 0 Å². The number of nitrogens with zero attached hydrogens (tertiary/aromatic N) is 3. The Labute approximate surface area is 54.1 Å². The molecule has 0 bridgehead atoms. The fourth-order valence-corrected chi connectivity index (χ4v) is 0.712. The molecule has 1 atom stereocenters. The van der Waals surface area contributed by atoms with Gasteiger partial charge in [-0.05, 0) is 0 Å². The van der Waals surface area contributed by atoms with Crippen LogP contribution in [0.5, 0.6) is 0 Å². The molecule has 0 aromatic rings. The molecule has 3 heteroatoms. The lowest BCUT2D eigenvalue weighted by Crippen LogP contribution is -2.14. The van der Waals surface area contributed by atoms with Crippen molar-refractivity contribution in [3.05, 3.63) is 0 Å². The lowest BCUT2D eigenvalue weighted by molar-refractivity contribution is 0.483. The van der Waals surface area contributed by atoms with Crippen LogP contribution >= 0.6 is 0 Å². The summed E-state index contributed by atoms with van der Waals surface area (Å²) in [5.74, 6) is 0. The van der Waals surface area contributed by atoms with E-state index >= 15 is 0 Å². The van der Waals surface area contributed by atoms with E-state index in [1.165, 1.54) is 0 Å². The molecule has 1 saturated heterocycles. The summed E-state index contributed by atoms with van der Waals surface area (Å²) < 4.78 is 0. The van der Waals surface area contributed by atoms with Crippen molar-refractivity contribution >= 4 is 0 Å². The van der Waals surface area contributed by atoms with Crippen LogP contribution in [0.2, 0.25) is 0 Å². The van der Waals surface area contributed by atoms with Gasteiger partial charge in [0, 0.05) is 13.1 Å². The van der Waals surface area contributed by atoms with Crippen molar-refractivity contribution in [3.63, 3.8) is 0 Å². The molecule has 0 radical (unpaired) electrons. The van der Waals surface area contributed by atoms with Gasteiger partial charge in [-0.1, -0.05) is 0 Å². The monoisotopic (exact) mass is 121 g/mol. The molecule has 9 heavy (non-hydrogen) atoms. The van der Waals surface area contributed by atoms with Crippen LogP contribution in [0.15, 0.2) is 0 Å². The highest BCUT2D eigenvalue weighted by Gasteiger charge is 2.26. The second-order valence-corrected chi connectivity index (χ2v) is 2.04. The van der Waals surface area contributed by atoms with Gasteiger partial charge < -0.3 is 0 Å². The zero-order valence-corrected chi connectivity index (χ0v) is 5.04. The Hall–Kier alpha value is -1.06. The predicted octanol–water partition coefficient (Wildman–Crippen LogP) is 0.108. The van der Waals surface area contributed by atoms with Crippen molar-refractivity contribution in [2.75, 3.05) is 13.1 Å². The molecule has 1 rings (SSSR count). The van der Waals surface area contributed by atoms with E-state index < -0.39 is 0 Å². The van der Waals surface area contributed by atoms with Crippen molar-refractivity contribution in [1.82, 2.24) is 4.90 Å². The van der Waals surface area contributed by atoms with E-state index in [2.05, 4.69) is 6.07 Å². The molecular formula is C6H7N3. The zero-order chi connectivity index (χ0) is 6.69. The zero-order valence-electron chi connectivity index (χ0n) is 5.04. The average Bonchev–Trinajstić information content (AvgIpc) is 2.64. The van der Waals surface area contributed by atoms with Crippen molar-refractivity contribution in [1.29, 1.82) is 10.5 Å². The topological polar surface area (TPSA) is 50.6 Å². The summed E-state index contributed by atoms with van der Waals surface area (Å²) in [6.45, 7) is 1.97. The third-order valence-electron chi connectivity index (χ3n) is 1.36. The number of hydrogen-bond donors (Lipinski definition) is 0. The molecule has 3 nitrogen and oxygen atoms in total. The molecule has 46 valence electrons. The summed E-state index contributed by atoms with van der Waals surface area (Å²) in [4.78, 5) is 1.98. The lowest BCUT2D eigenvalue weighted by Gasteiger charge is -2.01. The van der Waals surface area contributed by atoms with E-state index in [0.29, 0.717) is 6.42 Å². The molecule has 0 aromatic heterocycles. The highest BCUT2D eigenvalue weighted by Crippen LogP contribution is 2.11. The van der Waals surface area contributed by atoms with Crippen LogP contribution in [-0.4, -0.2) is 24.0 Å². The summed E-state index contributed by atoms with van der Waals surface area (Å²) in [5, 5.41) is 16.6. The van der Waals surface area contributed by atoms with Crippen molar-refractivity contribution in [2.24, 2.45) is 0 Å². The Balaban J connectivity index is 2.33. The number of rotatable bonds is 2. The van der Waals surface area contributed by atoms with Crippen molar-refractivity contribution in [2.45, 2.75) is 12.5 Å². The standard InChI is InChI=1S/C6H7N3/c7-2-1-6(5-8)9-3-4-9/h6H,1,3-4H2. The summed E-state index contributed by atoms with van der Waals surface area (Å²) in [6, 6.07) is 3.90. The van der Waals surface area contributed by atoms with E-state index in [0.717, 1.165) is 13.1 Å². The normalized spacial score (nSPS) is 19.8. The molecule has 0 aliphatic carbocycles. The first kappa shape index (κ1) is 6.07. The lowest BCUT2D eigenvalue weighted by atomic mass is 10.2. The molecule has 1 heterocycles. The maximum absolute atomic E-state index is 8.42. The van der Waals surface area contributed by atoms with Crippen LogP contribution in [-0.2, 0) is 0 Å². The summed E-state index contributed by atoms with van der Waals surface area (Å²) in [7, 11) is 0. The van der Waals surface area contributed by atoms with Gasteiger partial charge in [-0.15, -0.1) is 0 Å². The minimum Gasteiger partial charge on any atom is -0.285 e. The second kappa shape index (κ2) is 2.48. The smallest absolute Gasteiger partial charge is 0.111 e. The van der Waals surface area contributed by atoms with Crippen LogP contribution in [0.4, 0.5) is 0 Å². The Kier molecular flexibility index (Phi) is 1.67. The van der Waals surface area contributed by atoms with Gasteiger partial charge in [-0.3, -0.25) is 4.90 Å². The molecule has 1 aliphatic heterocycles. The van der Waals surface area contributed by atoms with Gasteiger partial charge in [0.2, 0.25) is 0 Å². The maximum atomic E-state index is 8.42. The van der Waals surface area contributed by atoms with Gasteiger partial charge in [0.05, 0.1) is 18.6 Å². The third-order valence-corrected chi connectivity index (χ3v) is 1.36. The van der Waals surface area contributed by atoms with Crippen LogP contribution in [0.1, 0.15) is 6.42 Å². The molecule has 1 fully saturated rings. The number of hydrogen-bond acceptors (Lipinski definition) is 3. The predicted molar refractivity (Wildman–Crippen MR) is 31.2 cm³/mol. The fourth-order valence-electron chi connectivity index (χ4n) is 0.712. The molecular weight excluding hydrogens is 114 g/mol. The van der Waals surface area contributed by atoms with Crippen molar-refractivity contribution in [3.8, 4) is 12.1 Å².